The summed E-state index contributed by atoms with van der Waals surface area (Å²) in [6, 6.07) is 6.82. The Bertz CT molecular complexity index is 344. The van der Waals surface area contributed by atoms with Gasteiger partial charge in [-0.15, -0.1) is 0 Å². The molecular formula is C10H13ClN2O2. The summed E-state index contributed by atoms with van der Waals surface area (Å²) in [7, 11) is 0. The topological polar surface area (TPSA) is 75.3 Å². The Morgan fingerprint density at radius 3 is 2.80 bits per heavy atom. The molecule has 0 aliphatic rings. The predicted molar refractivity (Wildman–Crippen MR) is 60.2 cm³/mol. The molecule has 0 radical (unpaired) electrons. The highest BCUT2D eigenvalue weighted by Crippen LogP contribution is 2.20. The van der Waals surface area contributed by atoms with Crippen molar-refractivity contribution in [2.75, 3.05) is 11.9 Å². The SMILES string of the molecule is NC(CNc1ccccc1Cl)CC(=O)O. The van der Waals surface area contributed by atoms with Crippen LogP contribution in [0.1, 0.15) is 6.42 Å². The number of aliphatic carboxylic acids is 1. The van der Waals surface area contributed by atoms with Crippen LogP contribution in [0.15, 0.2) is 24.3 Å². The van der Waals surface area contributed by atoms with Gasteiger partial charge in [-0.05, 0) is 12.1 Å². The molecule has 5 heteroatoms. The second kappa shape index (κ2) is 5.58. The molecule has 0 heterocycles. The van der Waals surface area contributed by atoms with Crippen LogP contribution in [0.2, 0.25) is 5.02 Å². The molecule has 0 saturated carbocycles. The van der Waals surface area contributed by atoms with Gasteiger partial charge in [0.2, 0.25) is 0 Å². The van der Waals surface area contributed by atoms with Gasteiger partial charge in [0.15, 0.2) is 0 Å². The van der Waals surface area contributed by atoms with E-state index in [2.05, 4.69) is 5.32 Å². The molecule has 4 N–H and O–H groups in total. The number of nitrogens with one attached hydrogen (secondary N) is 1. The Morgan fingerprint density at radius 2 is 2.20 bits per heavy atom. The van der Waals surface area contributed by atoms with Crippen LogP contribution in [0.25, 0.3) is 0 Å². The van der Waals surface area contributed by atoms with Crippen LogP contribution in [-0.2, 0) is 4.79 Å². The average molecular weight is 229 g/mol. The summed E-state index contributed by atoms with van der Waals surface area (Å²) in [5.41, 5.74) is 6.35. The van der Waals surface area contributed by atoms with E-state index in [1.54, 1.807) is 6.07 Å². The van der Waals surface area contributed by atoms with E-state index in [0.717, 1.165) is 5.69 Å². The van der Waals surface area contributed by atoms with Gasteiger partial charge >= 0.3 is 5.97 Å². The number of para-hydroxylation sites is 1. The number of hydrogen-bond donors (Lipinski definition) is 3. The number of carboxylic acid groups (broad SMARTS) is 1. The maximum Gasteiger partial charge on any atom is 0.304 e. The highest BCUT2D eigenvalue weighted by Gasteiger charge is 2.08. The minimum absolute atomic E-state index is 0.0581. The third-order valence-corrected chi connectivity index (χ3v) is 2.19. The molecule has 1 unspecified atom stereocenters. The lowest BCUT2D eigenvalue weighted by Crippen LogP contribution is -2.31. The maximum atomic E-state index is 10.4. The first-order valence-electron chi connectivity index (χ1n) is 4.55. The molecule has 15 heavy (non-hydrogen) atoms. The van der Waals surface area contributed by atoms with Gasteiger partial charge in [0, 0.05) is 12.6 Å². The first-order valence-corrected chi connectivity index (χ1v) is 4.93. The third kappa shape index (κ3) is 4.18. The summed E-state index contributed by atoms with van der Waals surface area (Å²) >= 11 is 5.89. The number of carboxylic acids is 1. The molecule has 0 bridgehead atoms. The van der Waals surface area contributed by atoms with Crippen molar-refractivity contribution in [3.05, 3.63) is 29.3 Å². The molecule has 4 nitrogen and oxygen atoms in total. The van der Waals surface area contributed by atoms with Crippen LogP contribution in [0, 0.1) is 0 Å². The third-order valence-electron chi connectivity index (χ3n) is 1.87. The first kappa shape index (κ1) is 11.8. The maximum absolute atomic E-state index is 10.4. The lowest BCUT2D eigenvalue weighted by molar-refractivity contribution is -0.137. The van der Waals surface area contributed by atoms with Gasteiger partial charge in [0.25, 0.3) is 0 Å². The van der Waals surface area contributed by atoms with Gasteiger partial charge in [0.05, 0.1) is 17.1 Å². The first-order chi connectivity index (χ1) is 7.09. The van der Waals surface area contributed by atoms with Crippen LogP contribution in [0.5, 0.6) is 0 Å². The number of hydrogen-bond acceptors (Lipinski definition) is 3. The summed E-state index contributed by atoms with van der Waals surface area (Å²) in [6.07, 6.45) is -0.0581. The minimum atomic E-state index is -0.900. The normalized spacial score (nSPS) is 12.1. The summed E-state index contributed by atoms with van der Waals surface area (Å²) in [5, 5.41) is 12.1. The number of halogens is 1. The number of rotatable bonds is 5. The van der Waals surface area contributed by atoms with Crippen LogP contribution in [0.4, 0.5) is 5.69 Å². The highest BCUT2D eigenvalue weighted by molar-refractivity contribution is 6.33. The summed E-state index contributed by atoms with van der Waals surface area (Å²) in [6.45, 7) is 0.385. The number of carbonyl (C=O) groups is 1. The zero-order chi connectivity index (χ0) is 11.3. The lowest BCUT2D eigenvalue weighted by Gasteiger charge is -2.12. The van der Waals surface area contributed by atoms with Crippen molar-refractivity contribution in [2.45, 2.75) is 12.5 Å². The molecule has 0 fully saturated rings. The van der Waals surface area contributed by atoms with Crippen LogP contribution >= 0.6 is 11.6 Å². The Kier molecular flexibility index (Phi) is 4.39. The summed E-state index contributed by atoms with van der Waals surface area (Å²) in [4.78, 5) is 10.4. The van der Waals surface area contributed by atoms with Crippen molar-refractivity contribution in [2.24, 2.45) is 5.73 Å². The van der Waals surface area contributed by atoms with E-state index in [-0.39, 0.29) is 6.42 Å². The zero-order valence-electron chi connectivity index (χ0n) is 8.11. The van der Waals surface area contributed by atoms with Crippen molar-refractivity contribution in [3.8, 4) is 0 Å². The standard InChI is InChI=1S/C10H13ClN2O2/c11-8-3-1-2-4-9(8)13-6-7(12)5-10(14)15/h1-4,7,13H,5-6,12H2,(H,14,15). The molecule has 1 aromatic carbocycles. The molecule has 0 aliphatic heterocycles. The minimum Gasteiger partial charge on any atom is -0.481 e. The zero-order valence-corrected chi connectivity index (χ0v) is 8.87. The molecule has 0 amide bonds. The Labute approximate surface area is 93.0 Å². The van der Waals surface area contributed by atoms with Gasteiger partial charge in [-0.3, -0.25) is 4.79 Å². The Balaban J connectivity index is 2.43. The highest BCUT2D eigenvalue weighted by atomic mass is 35.5. The van der Waals surface area contributed by atoms with E-state index >= 15 is 0 Å². The molecule has 0 aromatic heterocycles. The van der Waals surface area contributed by atoms with E-state index in [0.29, 0.717) is 11.6 Å². The van der Waals surface area contributed by atoms with Crippen molar-refractivity contribution < 1.29 is 9.90 Å². The average Bonchev–Trinajstić information content (AvgIpc) is 2.15. The van der Waals surface area contributed by atoms with Gasteiger partial charge < -0.3 is 16.2 Å². The van der Waals surface area contributed by atoms with E-state index < -0.39 is 12.0 Å². The fourth-order valence-corrected chi connectivity index (χ4v) is 1.34. The number of anilines is 1. The summed E-state index contributed by atoms with van der Waals surface area (Å²) < 4.78 is 0. The van der Waals surface area contributed by atoms with E-state index in [9.17, 15) is 4.79 Å². The fourth-order valence-electron chi connectivity index (χ4n) is 1.14. The molecule has 1 aromatic rings. The van der Waals surface area contributed by atoms with E-state index in [4.69, 9.17) is 22.4 Å². The molecule has 0 saturated heterocycles. The van der Waals surface area contributed by atoms with E-state index in [1.807, 2.05) is 18.2 Å². The van der Waals surface area contributed by atoms with Crippen molar-refractivity contribution in [3.63, 3.8) is 0 Å². The van der Waals surface area contributed by atoms with Gasteiger partial charge in [-0.1, -0.05) is 23.7 Å². The molecule has 1 rings (SSSR count). The lowest BCUT2D eigenvalue weighted by atomic mass is 10.2. The van der Waals surface area contributed by atoms with Crippen molar-refractivity contribution in [1.82, 2.24) is 0 Å². The molecular weight excluding hydrogens is 216 g/mol. The molecule has 82 valence electrons. The monoisotopic (exact) mass is 228 g/mol. The van der Waals surface area contributed by atoms with Crippen LogP contribution < -0.4 is 11.1 Å². The Hall–Kier alpha value is -1.26. The predicted octanol–water partition coefficient (Wildman–Crippen LogP) is 1.55. The smallest absolute Gasteiger partial charge is 0.304 e. The number of nitrogens with two attached hydrogens (primary N) is 1. The van der Waals surface area contributed by atoms with Gasteiger partial charge in [-0.2, -0.15) is 0 Å². The van der Waals surface area contributed by atoms with Crippen molar-refractivity contribution >= 4 is 23.3 Å². The molecule has 0 aliphatic carbocycles. The van der Waals surface area contributed by atoms with Crippen LogP contribution in [0.3, 0.4) is 0 Å². The fraction of sp³-hybridized carbons (Fsp3) is 0.300. The number of benzene rings is 1. The second-order valence-corrected chi connectivity index (χ2v) is 3.63. The van der Waals surface area contributed by atoms with Gasteiger partial charge in [0.1, 0.15) is 0 Å². The largest absolute Gasteiger partial charge is 0.481 e. The summed E-state index contributed by atoms with van der Waals surface area (Å²) in [5.74, 6) is -0.900. The van der Waals surface area contributed by atoms with Gasteiger partial charge in [-0.25, -0.2) is 0 Å². The molecule has 0 spiro atoms. The van der Waals surface area contributed by atoms with Crippen molar-refractivity contribution in [1.29, 1.82) is 0 Å². The quantitative estimate of drug-likeness (QED) is 0.715. The van der Waals surface area contributed by atoms with E-state index in [1.165, 1.54) is 0 Å². The molecule has 1 atom stereocenters. The van der Waals surface area contributed by atoms with Crippen LogP contribution in [-0.4, -0.2) is 23.7 Å². The second-order valence-electron chi connectivity index (χ2n) is 3.22. The Morgan fingerprint density at radius 1 is 1.53 bits per heavy atom.